The maximum Gasteiger partial charge on any atom is 0.247 e. The van der Waals surface area contributed by atoms with Gasteiger partial charge in [-0.05, 0) is 49.3 Å². The Morgan fingerprint density at radius 2 is 2.12 bits per heavy atom. The van der Waals surface area contributed by atoms with Crippen LogP contribution in [-0.4, -0.2) is 40.9 Å². The fraction of sp³-hybridized carbons (Fsp3) is 0.423. The summed E-state index contributed by atoms with van der Waals surface area (Å²) < 4.78 is 21.2. The van der Waals surface area contributed by atoms with Crippen LogP contribution >= 0.6 is 0 Å². The van der Waals surface area contributed by atoms with Gasteiger partial charge in [-0.25, -0.2) is 9.37 Å². The molecule has 0 aromatic carbocycles. The molecule has 1 fully saturated rings. The molecule has 176 valence electrons. The van der Waals surface area contributed by atoms with Crippen molar-refractivity contribution < 1.29 is 14.4 Å². The first kappa shape index (κ1) is 22.7. The Bertz CT molecular complexity index is 1230. The predicted molar refractivity (Wildman–Crippen MR) is 128 cm³/mol. The van der Waals surface area contributed by atoms with E-state index in [1.54, 1.807) is 22.9 Å². The first-order valence-electron chi connectivity index (χ1n) is 12.0. The molecule has 34 heavy (non-hydrogen) atoms. The van der Waals surface area contributed by atoms with Gasteiger partial charge in [-0.15, -0.1) is 0 Å². The summed E-state index contributed by atoms with van der Waals surface area (Å²) in [5, 5.41) is 20.0. The Morgan fingerprint density at radius 1 is 1.26 bits per heavy atom. The molecule has 1 saturated heterocycles. The SMILES string of the molecule is C[NH2+]c1c(C#N)c(CNC2CCOCC2)nc2c(C3=C/C4C=C(F)C=CC4CC/C=C\3)cnn12. The first-order chi connectivity index (χ1) is 16.7. The Labute approximate surface area is 198 Å². The summed E-state index contributed by atoms with van der Waals surface area (Å²) >= 11 is 0. The summed E-state index contributed by atoms with van der Waals surface area (Å²) in [5.74, 6) is 0.813. The summed E-state index contributed by atoms with van der Waals surface area (Å²) in [5.41, 5.74) is 3.83. The van der Waals surface area contributed by atoms with Crippen LogP contribution in [0.4, 0.5) is 10.2 Å². The van der Waals surface area contributed by atoms with Crippen molar-refractivity contribution in [3.8, 4) is 6.07 Å². The Kier molecular flexibility index (Phi) is 6.68. The maximum absolute atomic E-state index is 14.0. The smallest absolute Gasteiger partial charge is 0.247 e. The van der Waals surface area contributed by atoms with Crippen molar-refractivity contribution in [1.82, 2.24) is 19.9 Å². The predicted octanol–water partition coefficient (Wildman–Crippen LogP) is 3.08. The number of ether oxygens (including phenoxy) is 1. The highest BCUT2D eigenvalue weighted by Gasteiger charge is 2.25. The fourth-order valence-electron chi connectivity index (χ4n) is 5.03. The molecule has 0 saturated carbocycles. The number of fused-ring (bicyclic) bond motifs is 2. The van der Waals surface area contributed by atoms with E-state index in [0.717, 1.165) is 61.5 Å². The minimum Gasteiger partial charge on any atom is -0.381 e. The van der Waals surface area contributed by atoms with E-state index in [2.05, 4.69) is 34.7 Å². The molecule has 0 bridgehead atoms. The van der Waals surface area contributed by atoms with Crippen molar-refractivity contribution in [3.63, 3.8) is 0 Å². The number of halogens is 1. The van der Waals surface area contributed by atoms with Crippen LogP contribution in [0.25, 0.3) is 11.2 Å². The number of hydrogen-bond acceptors (Lipinski definition) is 5. The molecule has 3 aliphatic rings. The van der Waals surface area contributed by atoms with E-state index in [1.165, 1.54) is 0 Å². The fourth-order valence-corrected chi connectivity index (χ4v) is 5.03. The van der Waals surface area contributed by atoms with Gasteiger partial charge in [-0.2, -0.15) is 14.9 Å². The van der Waals surface area contributed by atoms with Crippen LogP contribution in [0.5, 0.6) is 0 Å². The molecule has 0 amide bonds. The second kappa shape index (κ2) is 10.0. The summed E-state index contributed by atoms with van der Waals surface area (Å²) in [6.45, 7) is 2.01. The van der Waals surface area contributed by atoms with Gasteiger partial charge in [0.05, 0.1) is 18.9 Å². The Balaban J connectivity index is 1.56. The van der Waals surface area contributed by atoms with E-state index in [1.807, 2.05) is 18.4 Å². The zero-order valence-corrected chi connectivity index (χ0v) is 19.4. The van der Waals surface area contributed by atoms with Crippen molar-refractivity contribution in [2.24, 2.45) is 11.8 Å². The molecule has 2 aliphatic carbocycles. The largest absolute Gasteiger partial charge is 0.381 e. The van der Waals surface area contributed by atoms with Gasteiger partial charge in [0, 0.05) is 37.3 Å². The van der Waals surface area contributed by atoms with Crippen LogP contribution in [0.15, 0.2) is 48.5 Å². The molecule has 2 unspecified atom stereocenters. The van der Waals surface area contributed by atoms with Crippen molar-refractivity contribution in [3.05, 3.63) is 65.3 Å². The third-order valence-electron chi connectivity index (χ3n) is 6.92. The average molecular weight is 462 g/mol. The average Bonchev–Trinajstić information content (AvgIpc) is 3.26. The third kappa shape index (κ3) is 4.47. The van der Waals surface area contributed by atoms with Gasteiger partial charge >= 0.3 is 0 Å². The maximum atomic E-state index is 14.0. The second-order valence-corrected chi connectivity index (χ2v) is 9.03. The lowest BCUT2D eigenvalue weighted by Crippen LogP contribution is -2.74. The number of aromatic nitrogens is 3. The number of nitriles is 1. The molecule has 3 heterocycles. The third-order valence-corrected chi connectivity index (χ3v) is 6.92. The molecule has 0 spiro atoms. The summed E-state index contributed by atoms with van der Waals surface area (Å²) in [7, 11) is 1.91. The van der Waals surface area contributed by atoms with E-state index >= 15 is 0 Å². The summed E-state index contributed by atoms with van der Waals surface area (Å²) in [6, 6.07) is 2.69. The van der Waals surface area contributed by atoms with Crippen molar-refractivity contribution >= 4 is 17.0 Å². The minimum atomic E-state index is -0.192. The topological polar surface area (TPSA) is 91.8 Å². The number of nitrogens with one attached hydrogen (secondary N) is 1. The lowest BCUT2D eigenvalue weighted by atomic mass is 9.81. The summed E-state index contributed by atoms with van der Waals surface area (Å²) in [6.07, 6.45) is 17.2. The normalized spacial score (nSPS) is 25.6. The molecule has 0 radical (unpaired) electrons. The van der Waals surface area contributed by atoms with Gasteiger partial charge in [0.15, 0.2) is 11.2 Å². The number of hydrogen-bond donors (Lipinski definition) is 2. The van der Waals surface area contributed by atoms with Crippen LogP contribution < -0.4 is 10.6 Å². The highest BCUT2D eigenvalue weighted by Crippen LogP contribution is 2.34. The Hall–Kier alpha value is -3.12. The standard InChI is InChI=1S/C26H29FN6O/c1-29-25-22(14-28)24(16-30-21-8-10-34-11-9-21)32-26-23(15-31-33(25)26)18-5-3-2-4-17-6-7-20(27)13-19(17)12-18/h3,5-7,12-13,15,17,19,21,29-30H,2,4,8-11,16H2,1H3/p+1/b5-3-,18-12+. The van der Waals surface area contributed by atoms with E-state index in [-0.39, 0.29) is 17.7 Å². The first-order valence-corrected chi connectivity index (χ1v) is 12.0. The number of rotatable bonds is 5. The van der Waals surface area contributed by atoms with Gasteiger partial charge in [0.25, 0.3) is 0 Å². The van der Waals surface area contributed by atoms with Crippen LogP contribution in [0.2, 0.25) is 0 Å². The number of nitrogens with two attached hydrogens (primary N) is 1. The van der Waals surface area contributed by atoms with Crippen LogP contribution in [0.3, 0.4) is 0 Å². The molecule has 7 nitrogen and oxygen atoms in total. The van der Waals surface area contributed by atoms with Crippen LogP contribution in [-0.2, 0) is 11.3 Å². The molecular weight excluding hydrogens is 431 g/mol. The molecule has 2 aromatic rings. The number of quaternary nitrogens is 1. The van der Waals surface area contributed by atoms with Gasteiger partial charge in [0.1, 0.15) is 11.9 Å². The lowest BCUT2D eigenvalue weighted by molar-refractivity contribution is -0.544. The van der Waals surface area contributed by atoms with E-state index in [4.69, 9.17) is 9.72 Å². The van der Waals surface area contributed by atoms with Crippen LogP contribution in [0.1, 0.15) is 42.5 Å². The van der Waals surface area contributed by atoms with E-state index in [9.17, 15) is 9.65 Å². The zero-order chi connectivity index (χ0) is 23.5. The van der Waals surface area contributed by atoms with Gasteiger partial charge in [-0.1, -0.05) is 24.3 Å². The molecule has 8 heteroatoms. The Morgan fingerprint density at radius 3 is 2.91 bits per heavy atom. The van der Waals surface area contributed by atoms with Gasteiger partial charge in [-0.3, -0.25) is 5.32 Å². The zero-order valence-electron chi connectivity index (χ0n) is 19.4. The lowest BCUT2D eigenvalue weighted by Gasteiger charge is -2.24. The minimum absolute atomic E-state index is 0.00912. The molecule has 3 N–H and O–H groups in total. The highest BCUT2D eigenvalue weighted by atomic mass is 19.1. The monoisotopic (exact) mass is 461 g/mol. The number of nitrogens with zero attached hydrogens (tertiary/aromatic N) is 4. The van der Waals surface area contributed by atoms with Gasteiger partial charge in [0.2, 0.25) is 5.82 Å². The molecule has 2 aromatic heterocycles. The summed E-state index contributed by atoms with van der Waals surface area (Å²) in [4.78, 5) is 4.93. The highest BCUT2D eigenvalue weighted by molar-refractivity contribution is 5.83. The van der Waals surface area contributed by atoms with Crippen LogP contribution in [0, 0.1) is 23.2 Å². The van der Waals surface area contributed by atoms with E-state index < -0.39 is 0 Å². The van der Waals surface area contributed by atoms with Crippen molar-refractivity contribution in [1.29, 1.82) is 5.26 Å². The number of allylic oxidation sites excluding steroid dienone is 8. The van der Waals surface area contributed by atoms with E-state index in [0.29, 0.717) is 23.8 Å². The van der Waals surface area contributed by atoms with Gasteiger partial charge < -0.3 is 10.1 Å². The molecular formula is C26H30FN6O+. The molecule has 1 aliphatic heterocycles. The van der Waals surface area contributed by atoms with Crippen molar-refractivity contribution in [2.45, 2.75) is 38.3 Å². The van der Waals surface area contributed by atoms with Crippen molar-refractivity contribution in [2.75, 3.05) is 20.3 Å². The molecule has 5 rings (SSSR count). The quantitative estimate of drug-likeness (QED) is 0.714. The second-order valence-electron chi connectivity index (χ2n) is 9.03. The molecule has 2 atom stereocenters.